The fourth-order valence-electron chi connectivity index (χ4n) is 0.619. The van der Waals surface area contributed by atoms with Gasteiger partial charge in [0.2, 0.25) is 11.2 Å². The molecule has 0 bridgehead atoms. The predicted molar refractivity (Wildman–Crippen MR) is 40.8 cm³/mol. The molecule has 10 heavy (non-hydrogen) atoms. The van der Waals surface area contributed by atoms with Crippen LogP contribution in [0.2, 0.25) is 0 Å². The smallest absolute Gasteiger partial charge is 0.208 e. The molecule has 0 unspecified atom stereocenters. The summed E-state index contributed by atoms with van der Waals surface area (Å²) in [4.78, 5) is 0. The molecule has 0 aromatic heterocycles. The van der Waals surface area contributed by atoms with E-state index >= 15 is 0 Å². The summed E-state index contributed by atoms with van der Waals surface area (Å²) in [5, 5.41) is 27.0. The highest BCUT2D eigenvalue weighted by atomic mass is 32.2. The van der Waals surface area contributed by atoms with Gasteiger partial charge in [-0.2, -0.15) is 0 Å². The van der Waals surface area contributed by atoms with Crippen molar-refractivity contribution in [3.05, 3.63) is 5.44 Å². The Kier molecular flexibility index (Phi) is 4.28. The Labute approximate surface area is 65.1 Å². The number of thioether (sulfide) groups is 1. The van der Waals surface area contributed by atoms with E-state index in [1.165, 1.54) is 0 Å². The van der Waals surface area contributed by atoms with E-state index in [0.29, 0.717) is 6.42 Å². The van der Waals surface area contributed by atoms with Crippen molar-refractivity contribution in [1.29, 1.82) is 0 Å². The average molecular weight is 165 g/mol. The molecule has 0 saturated carbocycles. The van der Waals surface area contributed by atoms with Gasteiger partial charge in [-0.15, -0.1) is 11.8 Å². The molecule has 0 heterocycles. The van der Waals surface area contributed by atoms with Crippen molar-refractivity contribution >= 4 is 11.8 Å². The van der Waals surface area contributed by atoms with Crippen LogP contribution >= 0.6 is 11.8 Å². The zero-order valence-electron chi connectivity index (χ0n) is 6.16. The summed E-state index contributed by atoms with van der Waals surface area (Å²) in [7, 11) is 0. The van der Waals surface area contributed by atoms with E-state index in [1.54, 1.807) is 6.26 Å². The highest BCUT2D eigenvalue weighted by Gasteiger charge is 2.32. The maximum Gasteiger partial charge on any atom is 0.208 e. The van der Waals surface area contributed by atoms with E-state index in [9.17, 15) is 0 Å². The Morgan fingerprint density at radius 3 is 2.30 bits per heavy atom. The molecule has 0 atom stereocenters. The molecule has 0 aliphatic carbocycles. The van der Waals surface area contributed by atoms with Gasteiger partial charge < -0.3 is 15.3 Å². The van der Waals surface area contributed by atoms with Gasteiger partial charge in [-0.25, -0.2) is 0 Å². The Morgan fingerprint density at radius 1 is 1.50 bits per heavy atom. The highest BCUT2D eigenvalue weighted by Crippen LogP contribution is 2.27. The summed E-state index contributed by atoms with van der Waals surface area (Å²) < 4.78 is 0. The van der Waals surface area contributed by atoms with Crippen LogP contribution in [0.4, 0.5) is 0 Å². The third-order valence-corrected chi connectivity index (χ3v) is 1.85. The first-order valence-electron chi connectivity index (χ1n) is 3.09. The number of aliphatic hydroxyl groups excluding tert-OH is 1. The quantitative estimate of drug-likeness (QED) is 0.536. The Bertz CT molecular complexity index is 95.0. The Balaban J connectivity index is 3.82. The molecule has 0 amide bonds. The van der Waals surface area contributed by atoms with Crippen molar-refractivity contribution in [3.63, 3.8) is 0 Å². The third kappa shape index (κ3) is 2.88. The third-order valence-electron chi connectivity index (χ3n) is 1.13. The summed E-state index contributed by atoms with van der Waals surface area (Å²) in [6.07, 6.45) is 2.38. The van der Waals surface area contributed by atoms with E-state index in [4.69, 9.17) is 15.3 Å². The van der Waals surface area contributed by atoms with Gasteiger partial charge in [0.1, 0.15) is 0 Å². The van der Waals surface area contributed by atoms with Crippen molar-refractivity contribution in [1.82, 2.24) is 0 Å². The lowest BCUT2D eigenvalue weighted by Crippen LogP contribution is -2.33. The lowest BCUT2D eigenvalue weighted by Gasteiger charge is -2.23. The minimum atomic E-state index is -2.01. The molecule has 3 N–H and O–H groups in total. The van der Waals surface area contributed by atoms with Crippen molar-refractivity contribution in [3.8, 4) is 0 Å². The predicted octanol–water partition coefficient (Wildman–Crippen LogP) is 0.692. The van der Waals surface area contributed by atoms with Crippen LogP contribution in [0.3, 0.4) is 0 Å². The Morgan fingerprint density at radius 2 is 2.00 bits per heavy atom. The van der Waals surface area contributed by atoms with Crippen molar-refractivity contribution < 1.29 is 15.3 Å². The first-order valence-corrected chi connectivity index (χ1v) is 4.32. The molecule has 0 rings (SSSR count). The number of hydrogen-bond donors (Lipinski definition) is 3. The summed E-state index contributed by atoms with van der Waals surface area (Å²) in [6.45, 7) is 1.81. The van der Waals surface area contributed by atoms with Crippen LogP contribution in [-0.2, 0) is 0 Å². The van der Waals surface area contributed by atoms with Gasteiger partial charge in [0.25, 0.3) is 0 Å². The van der Waals surface area contributed by atoms with E-state index < -0.39 is 5.79 Å². The van der Waals surface area contributed by atoms with Crippen LogP contribution in [0.1, 0.15) is 19.8 Å². The van der Waals surface area contributed by atoms with E-state index in [-0.39, 0.29) is 11.9 Å². The van der Waals surface area contributed by atoms with Gasteiger partial charge >= 0.3 is 0 Å². The molecule has 0 aliphatic rings. The van der Waals surface area contributed by atoms with Gasteiger partial charge in [-0.05, 0) is 6.26 Å². The molecule has 0 spiro atoms. The van der Waals surface area contributed by atoms with Crippen LogP contribution in [0.5, 0.6) is 0 Å². The van der Waals surface area contributed by atoms with Crippen LogP contribution in [0.15, 0.2) is 0 Å². The molecule has 3 nitrogen and oxygen atoms in total. The SMILES string of the molecule is CCCC(O)(O)[C](O)SC. The van der Waals surface area contributed by atoms with Gasteiger partial charge in [0.05, 0.1) is 0 Å². The highest BCUT2D eigenvalue weighted by molar-refractivity contribution is 8.01. The second kappa shape index (κ2) is 4.18. The van der Waals surface area contributed by atoms with E-state index in [1.807, 2.05) is 6.92 Å². The average Bonchev–Trinajstić information content (AvgIpc) is 1.86. The summed E-state index contributed by atoms with van der Waals surface area (Å²) in [5.41, 5.74) is -0.339. The van der Waals surface area contributed by atoms with Gasteiger partial charge in [-0.3, -0.25) is 0 Å². The fourth-order valence-corrected chi connectivity index (χ4v) is 1.05. The molecule has 0 saturated heterocycles. The first-order chi connectivity index (χ1) is 4.54. The normalized spacial score (nSPS) is 12.6. The van der Waals surface area contributed by atoms with E-state index in [0.717, 1.165) is 11.8 Å². The summed E-state index contributed by atoms with van der Waals surface area (Å²) in [5.74, 6) is -2.01. The molecule has 0 aliphatic heterocycles. The summed E-state index contributed by atoms with van der Waals surface area (Å²) in [6, 6.07) is 0. The molecule has 0 aromatic rings. The molecular weight excluding hydrogens is 152 g/mol. The molecule has 61 valence electrons. The second-order valence-corrected chi connectivity index (χ2v) is 2.87. The van der Waals surface area contributed by atoms with Crippen molar-refractivity contribution in [2.45, 2.75) is 25.6 Å². The molecule has 0 fully saturated rings. The minimum absolute atomic E-state index is 0.166. The van der Waals surface area contributed by atoms with Crippen molar-refractivity contribution in [2.24, 2.45) is 0 Å². The summed E-state index contributed by atoms with van der Waals surface area (Å²) >= 11 is 0.944. The maximum atomic E-state index is 9.03. The number of aliphatic hydroxyl groups is 3. The van der Waals surface area contributed by atoms with Crippen LogP contribution in [0, 0.1) is 5.44 Å². The molecule has 4 heteroatoms. The molecule has 0 aromatic carbocycles. The first kappa shape index (κ1) is 10.2. The van der Waals surface area contributed by atoms with E-state index in [2.05, 4.69) is 0 Å². The van der Waals surface area contributed by atoms with Gasteiger partial charge in [-0.1, -0.05) is 13.3 Å². The fraction of sp³-hybridized carbons (Fsp3) is 0.833. The van der Waals surface area contributed by atoms with Crippen LogP contribution in [0.25, 0.3) is 0 Å². The lowest BCUT2D eigenvalue weighted by atomic mass is 10.2. The topological polar surface area (TPSA) is 60.7 Å². The molecule has 1 radical (unpaired) electrons. The standard InChI is InChI=1S/C6H13O3S/c1-3-4-6(8,9)5(7)10-2/h7-9H,3-4H2,1-2H3. The second-order valence-electron chi connectivity index (χ2n) is 2.08. The van der Waals surface area contributed by atoms with Crippen molar-refractivity contribution in [2.75, 3.05) is 6.26 Å². The zero-order chi connectivity index (χ0) is 8.20. The monoisotopic (exact) mass is 165 g/mol. The lowest BCUT2D eigenvalue weighted by molar-refractivity contribution is -0.168. The number of rotatable bonds is 4. The van der Waals surface area contributed by atoms with Gasteiger partial charge in [0.15, 0.2) is 0 Å². The largest absolute Gasteiger partial charge is 0.371 e. The Hall–Kier alpha value is 0.230. The van der Waals surface area contributed by atoms with Crippen LogP contribution < -0.4 is 0 Å². The molecular formula is C6H13O3S. The maximum absolute atomic E-state index is 9.03. The number of hydrogen-bond acceptors (Lipinski definition) is 4. The zero-order valence-corrected chi connectivity index (χ0v) is 6.98. The van der Waals surface area contributed by atoms with Crippen LogP contribution in [-0.4, -0.2) is 27.4 Å². The van der Waals surface area contributed by atoms with Gasteiger partial charge in [0, 0.05) is 6.42 Å². The minimum Gasteiger partial charge on any atom is -0.371 e.